The summed E-state index contributed by atoms with van der Waals surface area (Å²) >= 11 is 3.35. The van der Waals surface area contributed by atoms with Crippen LogP contribution in [0, 0.1) is 10.1 Å². The van der Waals surface area contributed by atoms with Crippen LogP contribution in [0.3, 0.4) is 0 Å². The van der Waals surface area contributed by atoms with Crippen molar-refractivity contribution in [2.24, 2.45) is 0 Å². The number of nitro benzene ring substituents is 1. The van der Waals surface area contributed by atoms with Gasteiger partial charge in [0.05, 0.1) is 20.4 Å². The maximum absolute atomic E-state index is 11.8. The lowest BCUT2D eigenvalue weighted by Crippen LogP contribution is -2.00. The molecule has 0 aliphatic rings. The summed E-state index contributed by atoms with van der Waals surface area (Å²) in [6.45, 7) is 0. The molecule has 5 heteroatoms. The molecule has 0 aliphatic carbocycles. The first-order valence-corrected chi connectivity index (χ1v) is 9.96. The van der Waals surface area contributed by atoms with Crippen molar-refractivity contribution < 1.29 is 4.92 Å². The summed E-state index contributed by atoms with van der Waals surface area (Å²) in [5.74, 6) is 0. The molecule has 29 heavy (non-hydrogen) atoms. The zero-order chi connectivity index (χ0) is 20.0. The number of halogens is 1. The van der Waals surface area contributed by atoms with Crippen LogP contribution in [-0.2, 0) is 0 Å². The van der Waals surface area contributed by atoms with E-state index in [1.807, 2.05) is 53.1 Å². The Labute approximate surface area is 175 Å². The number of nitrogens with zero attached hydrogens (tertiary/aromatic N) is 2. The van der Waals surface area contributed by atoms with Gasteiger partial charge in [-0.25, -0.2) is 0 Å². The molecule has 0 amide bonds. The number of hydrogen-bond acceptors (Lipinski definition) is 2. The third-order valence-electron chi connectivity index (χ3n) is 5.17. The summed E-state index contributed by atoms with van der Waals surface area (Å²) in [4.78, 5) is 11.5. The Balaban J connectivity index is 1.88. The van der Waals surface area contributed by atoms with E-state index in [4.69, 9.17) is 0 Å². The standard InChI is InChI=1S/C24H15BrN2O2/c25-20-10-6-12-23(24(20)27(28)29)26-21-11-5-4-9-18(21)19-15-17(13-14-22(19)26)16-7-2-1-3-8-16/h1-15H. The molecule has 1 heterocycles. The molecule has 0 saturated carbocycles. The number of nitro groups is 1. The molecule has 0 saturated heterocycles. The average Bonchev–Trinajstić information content (AvgIpc) is 3.07. The van der Waals surface area contributed by atoms with E-state index in [9.17, 15) is 10.1 Å². The molecule has 0 N–H and O–H groups in total. The van der Waals surface area contributed by atoms with Crippen LogP contribution in [0.4, 0.5) is 5.69 Å². The van der Waals surface area contributed by atoms with Crippen LogP contribution in [0.5, 0.6) is 0 Å². The smallest absolute Gasteiger partial charge is 0.303 e. The first-order chi connectivity index (χ1) is 14.1. The average molecular weight is 443 g/mol. The fourth-order valence-electron chi connectivity index (χ4n) is 3.91. The molecule has 0 spiro atoms. The van der Waals surface area contributed by atoms with Gasteiger partial charge in [0, 0.05) is 10.8 Å². The second kappa shape index (κ2) is 6.87. The van der Waals surface area contributed by atoms with Crippen molar-refractivity contribution in [1.29, 1.82) is 0 Å². The van der Waals surface area contributed by atoms with Crippen LogP contribution in [-0.4, -0.2) is 9.49 Å². The molecule has 5 rings (SSSR count). The van der Waals surface area contributed by atoms with E-state index in [0.29, 0.717) is 10.2 Å². The van der Waals surface area contributed by atoms with E-state index < -0.39 is 0 Å². The third kappa shape index (κ3) is 2.82. The van der Waals surface area contributed by atoms with E-state index in [0.717, 1.165) is 32.9 Å². The van der Waals surface area contributed by atoms with E-state index in [-0.39, 0.29) is 10.6 Å². The van der Waals surface area contributed by atoms with Crippen LogP contribution in [0.15, 0.2) is 95.5 Å². The summed E-state index contributed by atoms with van der Waals surface area (Å²) in [7, 11) is 0. The normalized spacial score (nSPS) is 11.2. The summed E-state index contributed by atoms with van der Waals surface area (Å²) < 4.78 is 2.44. The molecular weight excluding hydrogens is 428 g/mol. The van der Waals surface area contributed by atoms with Crippen molar-refractivity contribution in [2.45, 2.75) is 0 Å². The van der Waals surface area contributed by atoms with Crippen LogP contribution >= 0.6 is 15.9 Å². The number of benzene rings is 4. The maximum Gasteiger partial charge on any atom is 0.307 e. The number of fused-ring (bicyclic) bond motifs is 3. The van der Waals surface area contributed by atoms with Crippen LogP contribution < -0.4 is 0 Å². The highest BCUT2D eigenvalue weighted by Crippen LogP contribution is 2.39. The number of para-hydroxylation sites is 2. The van der Waals surface area contributed by atoms with Crippen LogP contribution in [0.2, 0.25) is 0 Å². The zero-order valence-corrected chi connectivity index (χ0v) is 16.8. The molecule has 4 aromatic carbocycles. The predicted octanol–water partition coefficient (Wildman–Crippen LogP) is 7.12. The Morgan fingerprint density at radius 2 is 1.45 bits per heavy atom. The molecule has 140 valence electrons. The lowest BCUT2D eigenvalue weighted by atomic mass is 10.0. The molecule has 0 aliphatic heterocycles. The Bertz CT molecular complexity index is 1390. The first kappa shape index (κ1) is 17.6. The van der Waals surface area contributed by atoms with Gasteiger partial charge in [-0.15, -0.1) is 0 Å². The van der Waals surface area contributed by atoms with Crippen molar-refractivity contribution in [3.63, 3.8) is 0 Å². The quantitative estimate of drug-likeness (QED) is 0.220. The molecule has 0 bridgehead atoms. The predicted molar refractivity (Wildman–Crippen MR) is 121 cm³/mol. The fourth-order valence-corrected chi connectivity index (χ4v) is 4.41. The molecule has 5 aromatic rings. The highest BCUT2D eigenvalue weighted by molar-refractivity contribution is 9.10. The Morgan fingerprint density at radius 3 is 2.24 bits per heavy atom. The second-order valence-corrected chi connectivity index (χ2v) is 7.67. The van der Waals surface area contributed by atoms with Crippen molar-refractivity contribution >= 4 is 43.4 Å². The van der Waals surface area contributed by atoms with Gasteiger partial charge in [0.1, 0.15) is 5.69 Å². The molecule has 0 radical (unpaired) electrons. The largest absolute Gasteiger partial charge is 0.307 e. The summed E-state index contributed by atoms with van der Waals surface area (Å²) in [6, 6.07) is 29.8. The van der Waals surface area contributed by atoms with Crippen molar-refractivity contribution in [3.05, 3.63) is 106 Å². The lowest BCUT2D eigenvalue weighted by molar-refractivity contribution is -0.385. The highest BCUT2D eigenvalue weighted by atomic mass is 79.9. The topological polar surface area (TPSA) is 48.1 Å². The second-order valence-electron chi connectivity index (χ2n) is 6.82. The zero-order valence-electron chi connectivity index (χ0n) is 15.2. The van der Waals surface area contributed by atoms with Gasteiger partial charge in [-0.1, -0.05) is 60.7 Å². The van der Waals surface area contributed by atoms with Crippen molar-refractivity contribution in [2.75, 3.05) is 0 Å². The SMILES string of the molecule is O=[N+]([O-])c1c(Br)cccc1-n1c2ccccc2c2cc(-c3ccccc3)ccc21. The van der Waals surface area contributed by atoms with E-state index in [1.54, 1.807) is 12.1 Å². The summed E-state index contributed by atoms with van der Waals surface area (Å²) in [6.07, 6.45) is 0. The van der Waals surface area contributed by atoms with Gasteiger partial charge in [-0.05, 0) is 57.4 Å². The minimum atomic E-state index is -0.335. The molecule has 4 nitrogen and oxygen atoms in total. The Hall–Kier alpha value is -3.44. The highest BCUT2D eigenvalue weighted by Gasteiger charge is 2.23. The van der Waals surface area contributed by atoms with Crippen LogP contribution in [0.1, 0.15) is 0 Å². The fraction of sp³-hybridized carbons (Fsp3) is 0. The van der Waals surface area contributed by atoms with Gasteiger partial charge in [0.2, 0.25) is 0 Å². The van der Waals surface area contributed by atoms with E-state index in [2.05, 4.69) is 46.3 Å². The molecular formula is C24H15BrN2O2. The third-order valence-corrected chi connectivity index (χ3v) is 5.81. The molecule has 1 aromatic heterocycles. The van der Waals surface area contributed by atoms with E-state index >= 15 is 0 Å². The van der Waals surface area contributed by atoms with Crippen molar-refractivity contribution in [1.82, 2.24) is 4.57 Å². The van der Waals surface area contributed by atoms with Gasteiger partial charge in [0.15, 0.2) is 0 Å². The molecule has 0 atom stereocenters. The minimum absolute atomic E-state index is 0.0577. The first-order valence-electron chi connectivity index (χ1n) is 9.17. The Morgan fingerprint density at radius 1 is 0.724 bits per heavy atom. The number of hydrogen-bond donors (Lipinski definition) is 0. The lowest BCUT2D eigenvalue weighted by Gasteiger charge is -2.10. The van der Waals surface area contributed by atoms with Gasteiger partial charge in [0.25, 0.3) is 0 Å². The number of rotatable bonds is 3. The maximum atomic E-state index is 11.8. The van der Waals surface area contributed by atoms with E-state index in [1.165, 1.54) is 0 Å². The van der Waals surface area contributed by atoms with Crippen molar-refractivity contribution in [3.8, 4) is 16.8 Å². The van der Waals surface area contributed by atoms with Gasteiger partial charge < -0.3 is 4.57 Å². The monoisotopic (exact) mass is 442 g/mol. The summed E-state index contributed by atoms with van der Waals surface area (Å²) in [5.41, 5.74) is 4.73. The molecule has 0 unspecified atom stereocenters. The van der Waals surface area contributed by atoms with Gasteiger partial charge in [-0.2, -0.15) is 0 Å². The van der Waals surface area contributed by atoms with Gasteiger partial charge >= 0.3 is 5.69 Å². The minimum Gasteiger partial charge on any atom is -0.303 e. The van der Waals surface area contributed by atoms with Gasteiger partial charge in [-0.3, -0.25) is 10.1 Å². The number of aromatic nitrogens is 1. The van der Waals surface area contributed by atoms with Crippen LogP contribution in [0.25, 0.3) is 38.6 Å². The summed E-state index contributed by atoms with van der Waals surface area (Å²) in [5, 5.41) is 13.9. The molecule has 0 fully saturated rings. The Kier molecular flexibility index (Phi) is 4.18.